The summed E-state index contributed by atoms with van der Waals surface area (Å²) < 4.78 is 16.8. The van der Waals surface area contributed by atoms with E-state index in [-0.39, 0.29) is 31.1 Å². The van der Waals surface area contributed by atoms with Crippen molar-refractivity contribution in [3.05, 3.63) is 0 Å². The molecule has 0 aliphatic rings. The van der Waals surface area contributed by atoms with Gasteiger partial charge in [-0.1, -0.05) is 266 Å². The Morgan fingerprint density at radius 3 is 0.934 bits per heavy atom. The van der Waals surface area contributed by atoms with E-state index in [0.717, 1.165) is 69.6 Å². The first-order valence-corrected chi connectivity index (χ1v) is 27.3. The fourth-order valence-corrected chi connectivity index (χ4v) is 8.31. The first-order valence-electron chi connectivity index (χ1n) is 27.3. The molecular weight excluding hydrogens is 757 g/mol. The van der Waals surface area contributed by atoms with Crippen LogP contribution in [-0.2, 0) is 28.6 Å². The molecule has 0 heterocycles. The zero-order chi connectivity index (χ0) is 44.7. The number of rotatable bonds is 49. The molecule has 362 valence electrons. The predicted octanol–water partition coefficient (Wildman–Crippen LogP) is 17.7. The van der Waals surface area contributed by atoms with E-state index >= 15 is 0 Å². The Kier molecular flexibility index (Phi) is 46.6. The second-order valence-corrected chi connectivity index (χ2v) is 19.6. The average molecular weight is 863 g/mol. The minimum atomic E-state index is -0.761. The largest absolute Gasteiger partial charge is 0.462 e. The van der Waals surface area contributed by atoms with Crippen LogP contribution in [0.15, 0.2) is 0 Å². The van der Waals surface area contributed by atoms with Crippen LogP contribution in [-0.4, -0.2) is 37.2 Å². The summed E-state index contributed by atoms with van der Waals surface area (Å²) in [6, 6.07) is 0. The average Bonchev–Trinajstić information content (AvgIpc) is 3.24. The summed E-state index contributed by atoms with van der Waals surface area (Å²) >= 11 is 0. The van der Waals surface area contributed by atoms with Crippen LogP contribution in [0.5, 0.6) is 0 Å². The van der Waals surface area contributed by atoms with Gasteiger partial charge in [0.2, 0.25) is 0 Å². The van der Waals surface area contributed by atoms with Gasteiger partial charge < -0.3 is 14.2 Å². The summed E-state index contributed by atoms with van der Waals surface area (Å²) in [6.07, 6.45) is 49.6. The van der Waals surface area contributed by atoms with Gasteiger partial charge in [0.15, 0.2) is 6.10 Å². The molecule has 6 nitrogen and oxygen atoms in total. The summed E-state index contributed by atoms with van der Waals surface area (Å²) in [5, 5.41) is 0. The molecule has 0 radical (unpaired) electrons. The molecule has 2 atom stereocenters. The monoisotopic (exact) mass is 863 g/mol. The van der Waals surface area contributed by atoms with E-state index in [1.165, 1.54) is 193 Å². The molecule has 61 heavy (non-hydrogen) atoms. The predicted molar refractivity (Wildman–Crippen MR) is 261 cm³/mol. The smallest absolute Gasteiger partial charge is 0.306 e. The van der Waals surface area contributed by atoms with Crippen LogP contribution < -0.4 is 0 Å². The third kappa shape index (κ3) is 47.7. The third-order valence-corrected chi connectivity index (χ3v) is 12.8. The molecule has 0 fully saturated rings. The van der Waals surface area contributed by atoms with Crippen molar-refractivity contribution in [1.82, 2.24) is 0 Å². The first kappa shape index (κ1) is 59.4. The Morgan fingerprint density at radius 1 is 0.344 bits per heavy atom. The van der Waals surface area contributed by atoms with Crippen LogP contribution in [0.4, 0.5) is 0 Å². The summed E-state index contributed by atoms with van der Waals surface area (Å²) in [5.41, 5.74) is 0. The van der Waals surface area contributed by atoms with Gasteiger partial charge >= 0.3 is 17.9 Å². The fourth-order valence-electron chi connectivity index (χ4n) is 8.31. The van der Waals surface area contributed by atoms with Crippen molar-refractivity contribution in [2.24, 2.45) is 11.8 Å². The normalized spacial score (nSPS) is 12.5. The van der Waals surface area contributed by atoms with Crippen LogP contribution in [0.25, 0.3) is 0 Å². The van der Waals surface area contributed by atoms with Crippen LogP contribution in [0.3, 0.4) is 0 Å². The number of esters is 3. The van der Waals surface area contributed by atoms with Crippen molar-refractivity contribution >= 4 is 17.9 Å². The molecule has 0 amide bonds. The molecule has 0 saturated heterocycles. The lowest BCUT2D eigenvalue weighted by atomic mass is 9.99. The summed E-state index contributed by atoms with van der Waals surface area (Å²) in [5.74, 6) is 0.869. The number of carbonyl (C=O) groups excluding carboxylic acids is 3. The standard InChI is InChI=1S/C55H106O6/c1-6-8-9-10-11-23-32-37-42-47-55(58)61-52(49-60-54(57)46-41-36-31-27-22-24-28-33-38-43-50(3)4)48-59-53(56)45-40-35-30-26-21-19-17-15-13-12-14-16-18-20-25-29-34-39-44-51(5)7-2/h50-52H,6-49H2,1-5H3/t51?,52-/m0/s1. The van der Waals surface area contributed by atoms with Crippen molar-refractivity contribution < 1.29 is 28.6 Å². The highest BCUT2D eigenvalue weighted by Crippen LogP contribution is 2.18. The van der Waals surface area contributed by atoms with E-state index in [0.29, 0.717) is 19.3 Å². The Labute approximate surface area is 380 Å². The Hall–Kier alpha value is -1.59. The van der Waals surface area contributed by atoms with Gasteiger partial charge in [-0.3, -0.25) is 14.4 Å². The van der Waals surface area contributed by atoms with Gasteiger partial charge in [0, 0.05) is 19.3 Å². The van der Waals surface area contributed by atoms with E-state index in [2.05, 4.69) is 34.6 Å². The zero-order valence-electron chi connectivity index (χ0n) is 41.8. The quantitative estimate of drug-likeness (QED) is 0.0344. The molecule has 0 bridgehead atoms. The zero-order valence-corrected chi connectivity index (χ0v) is 41.8. The lowest BCUT2D eigenvalue weighted by Gasteiger charge is -2.18. The van der Waals surface area contributed by atoms with Crippen molar-refractivity contribution in [2.75, 3.05) is 13.2 Å². The van der Waals surface area contributed by atoms with Gasteiger partial charge in [-0.05, 0) is 31.1 Å². The maximum Gasteiger partial charge on any atom is 0.306 e. The molecule has 0 aromatic rings. The summed E-state index contributed by atoms with van der Waals surface area (Å²) in [6.45, 7) is 11.4. The number of ether oxygens (including phenoxy) is 3. The van der Waals surface area contributed by atoms with Gasteiger partial charge in [0.25, 0.3) is 0 Å². The second kappa shape index (κ2) is 47.9. The van der Waals surface area contributed by atoms with Gasteiger partial charge in [-0.2, -0.15) is 0 Å². The van der Waals surface area contributed by atoms with Crippen LogP contribution in [0.1, 0.15) is 304 Å². The molecule has 0 aliphatic carbocycles. The summed E-state index contributed by atoms with van der Waals surface area (Å²) in [7, 11) is 0. The van der Waals surface area contributed by atoms with Gasteiger partial charge in [-0.25, -0.2) is 0 Å². The molecular formula is C55H106O6. The van der Waals surface area contributed by atoms with E-state index in [4.69, 9.17) is 14.2 Å². The topological polar surface area (TPSA) is 78.9 Å². The number of hydrogen-bond donors (Lipinski definition) is 0. The van der Waals surface area contributed by atoms with Crippen LogP contribution in [0, 0.1) is 11.8 Å². The molecule has 0 saturated carbocycles. The molecule has 0 spiro atoms. The van der Waals surface area contributed by atoms with E-state index in [9.17, 15) is 14.4 Å². The lowest BCUT2D eigenvalue weighted by molar-refractivity contribution is -0.167. The molecule has 0 aromatic carbocycles. The molecule has 0 aliphatic heterocycles. The minimum absolute atomic E-state index is 0.0637. The maximum atomic E-state index is 12.7. The highest BCUT2D eigenvalue weighted by Gasteiger charge is 2.19. The number of hydrogen-bond acceptors (Lipinski definition) is 6. The summed E-state index contributed by atoms with van der Waals surface area (Å²) in [4.78, 5) is 37.9. The van der Waals surface area contributed by atoms with Crippen molar-refractivity contribution in [1.29, 1.82) is 0 Å². The van der Waals surface area contributed by atoms with E-state index in [1.54, 1.807) is 0 Å². The Balaban J connectivity index is 4.14. The lowest BCUT2D eigenvalue weighted by Crippen LogP contribution is -2.30. The number of carbonyl (C=O) groups is 3. The maximum absolute atomic E-state index is 12.7. The SMILES string of the molecule is CCCCCCCCCCCC(=O)O[C@@H](COC(=O)CCCCCCCCCCCCCCCCCCCCC(C)CC)COC(=O)CCCCCCCCCCCC(C)C. The van der Waals surface area contributed by atoms with Gasteiger partial charge in [-0.15, -0.1) is 0 Å². The van der Waals surface area contributed by atoms with Crippen molar-refractivity contribution in [3.8, 4) is 0 Å². The highest BCUT2D eigenvalue weighted by molar-refractivity contribution is 5.71. The molecule has 0 N–H and O–H groups in total. The van der Waals surface area contributed by atoms with Crippen molar-refractivity contribution in [2.45, 2.75) is 310 Å². The minimum Gasteiger partial charge on any atom is -0.462 e. The second-order valence-electron chi connectivity index (χ2n) is 19.6. The van der Waals surface area contributed by atoms with Gasteiger partial charge in [0.1, 0.15) is 13.2 Å². The van der Waals surface area contributed by atoms with E-state index in [1.807, 2.05) is 0 Å². The highest BCUT2D eigenvalue weighted by atomic mass is 16.6. The van der Waals surface area contributed by atoms with Gasteiger partial charge in [0.05, 0.1) is 0 Å². The fraction of sp³-hybridized carbons (Fsp3) is 0.945. The third-order valence-electron chi connectivity index (χ3n) is 12.8. The van der Waals surface area contributed by atoms with E-state index < -0.39 is 6.10 Å². The molecule has 6 heteroatoms. The van der Waals surface area contributed by atoms with Crippen molar-refractivity contribution in [3.63, 3.8) is 0 Å². The Bertz CT molecular complexity index is 933. The molecule has 1 unspecified atom stereocenters. The number of unbranched alkanes of at least 4 members (excludes halogenated alkanes) is 33. The van der Waals surface area contributed by atoms with Crippen LogP contribution >= 0.6 is 0 Å². The van der Waals surface area contributed by atoms with Crippen LogP contribution in [0.2, 0.25) is 0 Å². The molecule has 0 aromatic heterocycles. The Morgan fingerprint density at radius 2 is 0.623 bits per heavy atom. The molecule has 0 rings (SSSR count). The first-order chi connectivity index (χ1) is 29.8.